The van der Waals surface area contributed by atoms with Crippen LogP contribution in [0, 0.1) is 5.92 Å². The molecule has 0 aromatic rings. The first-order valence-corrected chi connectivity index (χ1v) is 10.0. The van der Waals surface area contributed by atoms with Crippen LogP contribution < -0.4 is 0 Å². The summed E-state index contributed by atoms with van der Waals surface area (Å²) in [5.41, 5.74) is 0. The smallest absolute Gasteiger partial charge is 0.228 e. The lowest BCUT2D eigenvalue weighted by molar-refractivity contribution is -0.137. The Kier molecular flexibility index (Phi) is 4.18. The van der Waals surface area contributed by atoms with E-state index in [1.54, 1.807) is 4.90 Å². The first-order valence-electron chi connectivity index (χ1n) is 8.21. The van der Waals surface area contributed by atoms with Gasteiger partial charge in [0.1, 0.15) is 0 Å². The highest BCUT2D eigenvalue weighted by atomic mass is 32.2. The summed E-state index contributed by atoms with van der Waals surface area (Å²) in [4.78, 5) is 28.4. The molecule has 0 N–H and O–H groups in total. The monoisotopic (exact) mass is 328 g/mol. The molecule has 0 radical (unpaired) electrons. The van der Waals surface area contributed by atoms with Crippen LogP contribution in [-0.4, -0.2) is 66.7 Å². The summed E-state index contributed by atoms with van der Waals surface area (Å²) in [6, 6.07) is 0.114. The average Bonchev–Trinajstić information content (AvgIpc) is 2.93. The molecule has 3 fully saturated rings. The van der Waals surface area contributed by atoms with Gasteiger partial charge in [0, 0.05) is 31.6 Å². The summed E-state index contributed by atoms with van der Waals surface area (Å²) in [6.07, 6.45) is 4.06. The number of amides is 2. The maximum Gasteiger partial charge on any atom is 0.228 e. The Morgan fingerprint density at radius 1 is 1.32 bits per heavy atom. The van der Waals surface area contributed by atoms with Crippen LogP contribution in [0.3, 0.4) is 0 Å². The van der Waals surface area contributed by atoms with Gasteiger partial charge < -0.3 is 9.80 Å². The zero-order chi connectivity index (χ0) is 15.9. The Hall–Kier alpha value is -1.11. The van der Waals surface area contributed by atoms with Crippen LogP contribution in [0.25, 0.3) is 0 Å². The molecule has 3 rings (SSSR count). The third-order valence-corrected chi connectivity index (χ3v) is 7.05. The van der Waals surface area contributed by atoms with Crippen LogP contribution in [0.15, 0.2) is 0 Å². The van der Waals surface area contributed by atoms with E-state index >= 15 is 0 Å². The molecule has 6 nitrogen and oxygen atoms in total. The molecule has 2 atom stereocenters. The molecule has 1 saturated carbocycles. The molecule has 2 saturated heterocycles. The lowest BCUT2D eigenvalue weighted by Gasteiger charge is -2.35. The molecule has 2 unspecified atom stereocenters. The van der Waals surface area contributed by atoms with E-state index in [4.69, 9.17) is 0 Å². The molecule has 0 aromatic heterocycles. The van der Waals surface area contributed by atoms with Crippen LogP contribution >= 0.6 is 0 Å². The number of sulfone groups is 1. The van der Waals surface area contributed by atoms with Gasteiger partial charge in [0.15, 0.2) is 9.84 Å². The van der Waals surface area contributed by atoms with Crippen molar-refractivity contribution in [3.05, 3.63) is 0 Å². The molecule has 0 aromatic carbocycles. The van der Waals surface area contributed by atoms with Gasteiger partial charge in [-0.25, -0.2) is 8.42 Å². The van der Waals surface area contributed by atoms with E-state index < -0.39 is 9.84 Å². The molecule has 2 aliphatic heterocycles. The SMILES string of the molecule is CCN(C(=O)C1CC(=O)N(C2CCC2)C1)C1CCS(=O)(=O)C1. The van der Waals surface area contributed by atoms with Crippen LogP contribution in [0.5, 0.6) is 0 Å². The maximum absolute atomic E-state index is 12.7. The lowest BCUT2D eigenvalue weighted by Crippen LogP contribution is -2.46. The highest BCUT2D eigenvalue weighted by Crippen LogP contribution is 2.32. The second-order valence-electron chi connectivity index (χ2n) is 6.71. The zero-order valence-corrected chi connectivity index (χ0v) is 13.8. The molecule has 0 spiro atoms. The van der Waals surface area contributed by atoms with Crippen molar-refractivity contribution in [1.82, 2.24) is 9.80 Å². The Morgan fingerprint density at radius 3 is 2.55 bits per heavy atom. The predicted molar refractivity (Wildman–Crippen MR) is 81.9 cm³/mol. The predicted octanol–water partition coefficient (Wildman–Crippen LogP) is 0.423. The van der Waals surface area contributed by atoms with Crippen molar-refractivity contribution >= 4 is 21.7 Å². The van der Waals surface area contributed by atoms with Gasteiger partial charge in [0.2, 0.25) is 11.8 Å². The number of rotatable bonds is 4. The number of hydrogen-bond donors (Lipinski definition) is 0. The molecule has 22 heavy (non-hydrogen) atoms. The van der Waals surface area contributed by atoms with E-state index in [0.29, 0.717) is 25.6 Å². The minimum atomic E-state index is -3.01. The maximum atomic E-state index is 12.7. The lowest BCUT2D eigenvalue weighted by atomic mass is 9.92. The third-order valence-electron chi connectivity index (χ3n) is 5.30. The molecular weight excluding hydrogens is 304 g/mol. The second-order valence-corrected chi connectivity index (χ2v) is 8.94. The fraction of sp³-hybridized carbons (Fsp3) is 0.867. The normalized spacial score (nSPS) is 31.3. The van der Waals surface area contributed by atoms with Gasteiger partial charge in [0.25, 0.3) is 0 Å². The van der Waals surface area contributed by atoms with Crippen LogP contribution in [0.4, 0.5) is 0 Å². The highest BCUT2D eigenvalue weighted by Gasteiger charge is 2.43. The summed E-state index contributed by atoms with van der Waals surface area (Å²) in [6.45, 7) is 2.90. The van der Waals surface area contributed by atoms with Crippen LogP contribution in [-0.2, 0) is 19.4 Å². The summed E-state index contributed by atoms with van der Waals surface area (Å²) < 4.78 is 23.3. The zero-order valence-electron chi connectivity index (χ0n) is 13.0. The van der Waals surface area contributed by atoms with Gasteiger partial charge in [-0.05, 0) is 32.6 Å². The topological polar surface area (TPSA) is 74.8 Å². The molecule has 3 aliphatic rings. The van der Waals surface area contributed by atoms with Gasteiger partial charge in [-0.15, -0.1) is 0 Å². The summed E-state index contributed by atoms with van der Waals surface area (Å²) in [7, 11) is -3.01. The first-order chi connectivity index (χ1) is 10.4. The fourth-order valence-electron chi connectivity index (χ4n) is 3.80. The van der Waals surface area contributed by atoms with E-state index in [-0.39, 0.29) is 41.7 Å². The van der Waals surface area contributed by atoms with E-state index in [2.05, 4.69) is 0 Å². The third kappa shape index (κ3) is 2.87. The number of nitrogens with zero attached hydrogens (tertiary/aromatic N) is 2. The van der Waals surface area contributed by atoms with Crippen molar-refractivity contribution in [2.24, 2.45) is 5.92 Å². The van der Waals surface area contributed by atoms with Crippen molar-refractivity contribution in [2.75, 3.05) is 24.6 Å². The molecular formula is C15H24N2O4S. The average molecular weight is 328 g/mol. The van der Waals surface area contributed by atoms with Gasteiger partial charge in [-0.3, -0.25) is 9.59 Å². The highest BCUT2D eigenvalue weighted by molar-refractivity contribution is 7.91. The minimum absolute atomic E-state index is 0.0419. The molecule has 7 heteroatoms. The Balaban J connectivity index is 1.66. The first kappa shape index (κ1) is 15.8. The van der Waals surface area contributed by atoms with Gasteiger partial charge in [-0.1, -0.05) is 0 Å². The standard InChI is InChI=1S/C15H24N2O4S/c1-2-16(13-6-7-22(20,21)10-13)15(19)11-8-14(18)17(9-11)12-4-3-5-12/h11-13H,2-10H2,1H3. The quantitative estimate of drug-likeness (QED) is 0.750. The molecule has 0 bridgehead atoms. The Bertz CT molecular complexity index is 570. The van der Waals surface area contributed by atoms with Crippen molar-refractivity contribution in [3.8, 4) is 0 Å². The molecule has 1 aliphatic carbocycles. The summed E-state index contributed by atoms with van der Waals surface area (Å²) >= 11 is 0. The fourth-order valence-corrected chi connectivity index (χ4v) is 5.53. The van der Waals surface area contributed by atoms with Crippen molar-refractivity contribution in [2.45, 2.75) is 51.1 Å². The van der Waals surface area contributed by atoms with Crippen molar-refractivity contribution < 1.29 is 18.0 Å². The Morgan fingerprint density at radius 2 is 2.05 bits per heavy atom. The van der Waals surface area contributed by atoms with Gasteiger partial charge in [0.05, 0.1) is 17.4 Å². The van der Waals surface area contributed by atoms with Crippen LogP contribution in [0.1, 0.15) is 39.0 Å². The van der Waals surface area contributed by atoms with Crippen molar-refractivity contribution in [3.63, 3.8) is 0 Å². The number of carbonyl (C=O) groups is 2. The number of hydrogen-bond acceptors (Lipinski definition) is 4. The van der Waals surface area contributed by atoms with Crippen LogP contribution in [0.2, 0.25) is 0 Å². The summed E-state index contributed by atoms with van der Waals surface area (Å²) in [5.74, 6) is -0.0204. The Labute approximate surface area is 131 Å². The van der Waals surface area contributed by atoms with E-state index in [1.165, 1.54) is 0 Å². The van der Waals surface area contributed by atoms with Gasteiger partial charge >= 0.3 is 0 Å². The number of likely N-dealkylation sites (tertiary alicyclic amines) is 1. The van der Waals surface area contributed by atoms with E-state index in [1.807, 2.05) is 11.8 Å². The van der Waals surface area contributed by atoms with E-state index in [0.717, 1.165) is 19.3 Å². The minimum Gasteiger partial charge on any atom is -0.339 e. The second kappa shape index (κ2) is 5.83. The van der Waals surface area contributed by atoms with Crippen molar-refractivity contribution in [1.29, 1.82) is 0 Å². The molecule has 124 valence electrons. The summed E-state index contributed by atoms with van der Waals surface area (Å²) in [5, 5.41) is 0. The largest absolute Gasteiger partial charge is 0.339 e. The molecule has 2 heterocycles. The van der Waals surface area contributed by atoms with Gasteiger partial charge in [-0.2, -0.15) is 0 Å². The van der Waals surface area contributed by atoms with E-state index in [9.17, 15) is 18.0 Å². The number of carbonyl (C=O) groups excluding carboxylic acids is 2. The molecule has 2 amide bonds.